The van der Waals surface area contributed by atoms with Gasteiger partial charge < -0.3 is 23.7 Å². The number of amides is 1. The molecule has 0 radical (unpaired) electrons. The molecule has 1 fully saturated rings. The van der Waals surface area contributed by atoms with Gasteiger partial charge >= 0.3 is 0 Å². The van der Waals surface area contributed by atoms with E-state index in [4.69, 9.17) is 26.1 Å². The standard InChI is InChI=1S/C19H26N4O4S/c1-13-8-15(25-3)16(26-4)9-14(13)10-21(2)12-23-19(28)27-17(20-23)11-22-7-5-6-18(22)24/h8-9H,5-7,10-12H2,1-4H3/p+1. The van der Waals surface area contributed by atoms with Crippen molar-refractivity contribution in [2.24, 2.45) is 0 Å². The van der Waals surface area contributed by atoms with E-state index >= 15 is 0 Å². The number of methoxy groups -OCH3 is 2. The van der Waals surface area contributed by atoms with Gasteiger partial charge in [-0.2, -0.15) is 4.68 Å². The molecular formula is C19H27N4O4S+. The lowest BCUT2D eigenvalue weighted by Gasteiger charge is -2.17. The summed E-state index contributed by atoms with van der Waals surface area (Å²) in [4.78, 5) is 15.0. The van der Waals surface area contributed by atoms with Gasteiger partial charge in [0.15, 0.2) is 18.2 Å². The van der Waals surface area contributed by atoms with E-state index in [2.05, 4.69) is 19.1 Å². The van der Waals surface area contributed by atoms with Crippen LogP contribution in [0.4, 0.5) is 0 Å². The number of benzene rings is 1. The number of nitrogens with one attached hydrogen (secondary N) is 1. The Labute approximate surface area is 169 Å². The lowest BCUT2D eigenvalue weighted by molar-refractivity contribution is -0.917. The maximum atomic E-state index is 11.8. The molecule has 2 aromatic rings. The van der Waals surface area contributed by atoms with E-state index in [0.717, 1.165) is 36.4 Å². The molecule has 1 aliphatic heterocycles. The van der Waals surface area contributed by atoms with Gasteiger partial charge in [-0.15, -0.1) is 5.10 Å². The van der Waals surface area contributed by atoms with Crippen LogP contribution in [0.1, 0.15) is 29.9 Å². The molecule has 28 heavy (non-hydrogen) atoms. The number of aryl methyl sites for hydroxylation is 1. The SMILES string of the molecule is COc1cc(C)c(C[NH+](C)Cn2nc(CN3CCCC3=O)oc2=S)cc1OC. The first-order chi connectivity index (χ1) is 13.4. The minimum absolute atomic E-state index is 0.141. The van der Waals surface area contributed by atoms with Crippen LogP contribution in [-0.2, 0) is 24.6 Å². The van der Waals surface area contributed by atoms with Crippen molar-refractivity contribution in [1.82, 2.24) is 14.7 Å². The summed E-state index contributed by atoms with van der Waals surface area (Å²) >= 11 is 5.30. The zero-order valence-corrected chi connectivity index (χ0v) is 17.6. The highest BCUT2D eigenvalue weighted by Crippen LogP contribution is 2.29. The molecule has 0 aliphatic carbocycles. The lowest BCUT2D eigenvalue weighted by atomic mass is 10.1. The highest BCUT2D eigenvalue weighted by molar-refractivity contribution is 7.71. The van der Waals surface area contributed by atoms with Gasteiger partial charge in [0.2, 0.25) is 11.8 Å². The van der Waals surface area contributed by atoms with Crippen molar-refractivity contribution in [3.05, 3.63) is 34.0 Å². The van der Waals surface area contributed by atoms with Crippen molar-refractivity contribution in [2.75, 3.05) is 27.8 Å². The van der Waals surface area contributed by atoms with Crippen LogP contribution in [0.25, 0.3) is 0 Å². The van der Waals surface area contributed by atoms with Crippen molar-refractivity contribution in [2.45, 2.75) is 39.5 Å². The second-order valence-corrected chi connectivity index (χ2v) is 7.46. The molecule has 1 amide bonds. The Hall–Kier alpha value is -2.39. The molecule has 1 N–H and O–H groups in total. The van der Waals surface area contributed by atoms with E-state index in [9.17, 15) is 4.79 Å². The quantitative estimate of drug-likeness (QED) is 0.666. The summed E-state index contributed by atoms with van der Waals surface area (Å²) < 4.78 is 18.0. The maximum Gasteiger partial charge on any atom is 0.291 e. The van der Waals surface area contributed by atoms with Crippen LogP contribution in [0, 0.1) is 11.8 Å². The molecule has 1 aromatic carbocycles. The summed E-state index contributed by atoms with van der Waals surface area (Å²) in [6, 6.07) is 3.98. The third-order valence-electron chi connectivity index (χ3n) is 4.90. The molecule has 8 nitrogen and oxygen atoms in total. The first kappa shape index (κ1) is 20.3. The number of hydrogen-bond acceptors (Lipinski definition) is 6. The topological polar surface area (TPSA) is 74.2 Å². The van der Waals surface area contributed by atoms with Crippen LogP contribution in [0.15, 0.2) is 16.5 Å². The Morgan fingerprint density at radius 2 is 2.00 bits per heavy atom. The summed E-state index contributed by atoms with van der Waals surface area (Å²) in [5, 5.41) is 4.46. The fourth-order valence-corrected chi connectivity index (χ4v) is 3.60. The van der Waals surface area contributed by atoms with Gasteiger partial charge in [-0.05, 0) is 43.3 Å². The Kier molecular flexibility index (Phi) is 6.35. The number of rotatable bonds is 8. The summed E-state index contributed by atoms with van der Waals surface area (Å²) in [5.74, 6) is 2.06. The molecule has 1 aromatic heterocycles. The number of aromatic nitrogens is 2. The Balaban J connectivity index is 1.67. The summed E-state index contributed by atoms with van der Waals surface area (Å²) in [7, 11) is 5.33. The molecule has 2 heterocycles. The number of likely N-dealkylation sites (tertiary alicyclic amines) is 1. The Morgan fingerprint density at radius 3 is 2.64 bits per heavy atom. The van der Waals surface area contributed by atoms with Crippen LogP contribution in [0.2, 0.25) is 0 Å². The van der Waals surface area contributed by atoms with Crippen LogP contribution in [-0.4, -0.2) is 48.4 Å². The molecule has 3 rings (SSSR count). The van der Waals surface area contributed by atoms with Crippen molar-refractivity contribution in [3.63, 3.8) is 0 Å². The first-order valence-electron chi connectivity index (χ1n) is 9.28. The predicted octanol–water partition coefficient (Wildman–Crippen LogP) is 1.33. The van der Waals surface area contributed by atoms with Crippen molar-refractivity contribution in [1.29, 1.82) is 0 Å². The van der Waals surface area contributed by atoms with E-state index < -0.39 is 0 Å². The summed E-state index contributed by atoms with van der Waals surface area (Å²) in [6.45, 7) is 4.50. The number of ether oxygens (including phenoxy) is 2. The second-order valence-electron chi connectivity index (χ2n) is 7.11. The fraction of sp³-hybridized carbons (Fsp3) is 0.526. The first-order valence-corrected chi connectivity index (χ1v) is 9.69. The van der Waals surface area contributed by atoms with E-state index in [1.54, 1.807) is 23.8 Å². The van der Waals surface area contributed by atoms with Gasteiger partial charge in [0.05, 0.1) is 27.8 Å². The summed E-state index contributed by atoms with van der Waals surface area (Å²) in [6.07, 6.45) is 1.48. The van der Waals surface area contributed by atoms with Crippen molar-refractivity contribution in [3.8, 4) is 11.5 Å². The third-order valence-corrected chi connectivity index (χ3v) is 5.19. The average Bonchev–Trinajstić information content (AvgIpc) is 3.22. The third kappa shape index (κ3) is 4.53. The van der Waals surface area contributed by atoms with Crippen molar-refractivity contribution >= 4 is 18.1 Å². The monoisotopic (exact) mass is 407 g/mol. The number of nitrogens with zero attached hydrogens (tertiary/aromatic N) is 3. The van der Waals surface area contributed by atoms with E-state index in [0.29, 0.717) is 36.1 Å². The minimum atomic E-state index is 0.141. The Bertz CT molecular complexity index is 908. The Morgan fingerprint density at radius 1 is 1.29 bits per heavy atom. The summed E-state index contributed by atoms with van der Waals surface area (Å²) in [5.41, 5.74) is 2.29. The van der Waals surface area contributed by atoms with Gasteiger partial charge in [0.1, 0.15) is 6.54 Å². The highest BCUT2D eigenvalue weighted by Gasteiger charge is 2.23. The second kappa shape index (κ2) is 8.74. The van der Waals surface area contributed by atoms with Crippen LogP contribution in [0.3, 0.4) is 0 Å². The normalized spacial score (nSPS) is 15.1. The highest BCUT2D eigenvalue weighted by atomic mass is 32.1. The molecule has 9 heteroatoms. The van der Waals surface area contributed by atoms with Gasteiger partial charge in [0, 0.05) is 18.5 Å². The number of hydrogen-bond donors (Lipinski definition) is 1. The zero-order valence-electron chi connectivity index (χ0n) is 16.8. The molecule has 1 unspecified atom stereocenters. The maximum absolute atomic E-state index is 11.8. The number of carbonyl (C=O) groups is 1. The lowest BCUT2D eigenvalue weighted by Crippen LogP contribution is -3.07. The number of carbonyl (C=O) groups excluding carboxylic acids is 1. The van der Waals surface area contributed by atoms with Gasteiger partial charge in [-0.1, -0.05) is 0 Å². The molecule has 152 valence electrons. The average molecular weight is 408 g/mol. The molecule has 0 bridgehead atoms. The predicted molar refractivity (Wildman–Crippen MR) is 105 cm³/mol. The van der Waals surface area contributed by atoms with E-state index in [1.807, 2.05) is 12.1 Å². The largest absolute Gasteiger partial charge is 0.493 e. The smallest absolute Gasteiger partial charge is 0.291 e. The van der Waals surface area contributed by atoms with E-state index in [1.165, 1.54) is 4.90 Å². The van der Waals surface area contributed by atoms with Crippen LogP contribution >= 0.6 is 12.2 Å². The molecule has 1 aliphatic rings. The van der Waals surface area contributed by atoms with Crippen LogP contribution < -0.4 is 14.4 Å². The molecule has 0 saturated carbocycles. The molecule has 1 atom stereocenters. The fourth-order valence-electron chi connectivity index (χ4n) is 3.40. The van der Waals surface area contributed by atoms with Gasteiger partial charge in [-0.25, -0.2) is 0 Å². The van der Waals surface area contributed by atoms with Gasteiger partial charge in [0.25, 0.3) is 4.84 Å². The van der Waals surface area contributed by atoms with Crippen LogP contribution in [0.5, 0.6) is 11.5 Å². The van der Waals surface area contributed by atoms with Crippen molar-refractivity contribution < 1.29 is 23.6 Å². The van der Waals surface area contributed by atoms with E-state index in [-0.39, 0.29) is 5.91 Å². The van der Waals surface area contributed by atoms with Gasteiger partial charge in [-0.3, -0.25) is 4.79 Å². The minimum Gasteiger partial charge on any atom is -0.493 e. The molecular weight excluding hydrogens is 380 g/mol. The number of quaternary nitrogens is 1. The zero-order chi connectivity index (χ0) is 20.3. The molecule has 1 saturated heterocycles. The molecule has 0 spiro atoms.